The van der Waals surface area contributed by atoms with Crippen LogP contribution in [-0.2, 0) is 6.54 Å². The Labute approximate surface area is 178 Å². The molecule has 4 fully saturated rings. The highest BCUT2D eigenvalue weighted by atomic mass is 32.2. The molecule has 4 aliphatic rings. The first-order valence-corrected chi connectivity index (χ1v) is 11.8. The van der Waals surface area contributed by atoms with Crippen molar-refractivity contribution in [2.75, 3.05) is 5.88 Å². The van der Waals surface area contributed by atoms with Gasteiger partial charge in [-0.25, -0.2) is 9.67 Å². The lowest BCUT2D eigenvalue weighted by molar-refractivity contribution is -0.0650. The van der Waals surface area contributed by atoms with Crippen molar-refractivity contribution in [3.05, 3.63) is 36.3 Å². The molecular weight excluding hydrogens is 398 g/mol. The van der Waals surface area contributed by atoms with Crippen LogP contribution in [0.2, 0.25) is 0 Å². The molecule has 30 heavy (non-hydrogen) atoms. The maximum Gasteiger partial charge on any atom is 0.268 e. The van der Waals surface area contributed by atoms with Gasteiger partial charge in [-0.2, -0.15) is 0 Å². The lowest BCUT2D eigenvalue weighted by Gasteiger charge is -2.56. The first-order valence-electron chi connectivity index (χ1n) is 10.8. The smallest absolute Gasteiger partial charge is 0.268 e. The summed E-state index contributed by atoms with van der Waals surface area (Å²) in [5.74, 6) is 3.02. The summed E-state index contributed by atoms with van der Waals surface area (Å²) in [6.07, 6.45) is 11.8. The van der Waals surface area contributed by atoms with E-state index in [9.17, 15) is 4.79 Å². The van der Waals surface area contributed by atoms with Gasteiger partial charge in [0.15, 0.2) is 0 Å². The van der Waals surface area contributed by atoms with Gasteiger partial charge in [0.25, 0.3) is 5.91 Å². The van der Waals surface area contributed by atoms with Crippen LogP contribution < -0.4 is 5.32 Å². The number of aromatic nitrogens is 6. The summed E-state index contributed by atoms with van der Waals surface area (Å²) < 4.78 is 3.76. The zero-order valence-corrected chi connectivity index (χ0v) is 17.6. The number of nitrogens with zero attached hydrogens (tertiary/aromatic N) is 6. The standard InChI is InChI=1S/C21H25N7OS/c29-19(17-2-1-3-18-22-4-5-27(17)18)23-13-30-20-24-25-26-28(20)12-21-9-14-6-15(10-21)8-16(7-14)11-21/h1-5,14-16H,6-13H2,(H,23,29). The van der Waals surface area contributed by atoms with Gasteiger partial charge in [-0.05, 0) is 84.3 Å². The summed E-state index contributed by atoms with van der Waals surface area (Å²) >= 11 is 1.48. The summed E-state index contributed by atoms with van der Waals surface area (Å²) in [5.41, 5.74) is 1.70. The first kappa shape index (κ1) is 18.4. The van der Waals surface area contributed by atoms with Crippen molar-refractivity contribution in [1.29, 1.82) is 0 Å². The van der Waals surface area contributed by atoms with Crippen LogP contribution >= 0.6 is 11.8 Å². The third-order valence-electron chi connectivity index (χ3n) is 7.24. The number of hydrogen-bond donors (Lipinski definition) is 1. The van der Waals surface area contributed by atoms with Crippen molar-refractivity contribution in [2.24, 2.45) is 23.2 Å². The summed E-state index contributed by atoms with van der Waals surface area (Å²) in [6, 6.07) is 5.52. The monoisotopic (exact) mass is 423 g/mol. The molecule has 4 aliphatic carbocycles. The Kier molecular flexibility index (Phi) is 4.33. The van der Waals surface area contributed by atoms with E-state index in [0.29, 0.717) is 17.0 Å². The Morgan fingerprint density at radius 2 is 1.93 bits per heavy atom. The van der Waals surface area contributed by atoms with Gasteiger partial charge < -0.3 is 5.32 Å². The zero-order valence-electron chi connectivity index (χ0n) is 16.8. The second kappa shape index (κ2) is 7.08. The average Bonchev–Trinajstić information content (AvgIpc) is 3.35. The van der Waals surface area contributed by atoms with E-state index < -0.39 is 0 Å². The highest BCUT2D eigenvalue weighted by Gasteiger charge is 2.51. The number of amides is 1. The molecule has 156 valence electrons. The molecule has 3 aromatic heterocycles. The van der Waals surface area contributed by atoms with Crippen molar-refractivity contribution in [2.45, 2.75) is 50.2 Å². The second-order valence-corrected chi connectivity index (χ2v) is 10.3. The molecule has 4 saturated carbocycles. The van der Waals surface area contributed by atoms with Gasteiger partial charge in [-0.15, -0.1) is 5.10 Å². The molecule has 0 radical (unpaired) electrons. The number of carbonyl (C=O) groups excluding carboxylic acids is 1. The number of rotatable bonds is 6. The topological polar surface area (TPSA) is 90.0 Å². The number of imidazole rings is 1. The Hall–Kier alpha value is -2.42. The number of hydrogen-bond acceptors (Lipinski definition) is 6. The van der Waals surface area contributed by atoms with Gasteiger partial charge in [-0.1, -0.05) is 17.8 Å². The van der Waals surface area contributed by atoms with E-state index in [1.54, 1.807) is 22.9 Å². The lowest BCUT2D eigenvalue weighted by Crippen LogP contribution is -2.48. The molecule has 3 aromatic rings. The SMILES string of the molecule is O=C(NCSc1nnnn1CC12CC3CC(CC(C3)C1)C2)c1cccc2nccn12. The molecule has 1 amide bonds. The van der Waals surface area contributed by atoms with Crippen LogP contribution in [0.1, 0.15) is 49.0 Å². The van der Waals surface area contributed by atoms with Gasteiger partial charge in [0, 0.05) is 12.4 Å². The van der Waals surface area contributed by atoms with Crippen LogP contribution in [0.15, 0.2) is 35.7 Å². The van der Waals surface area contributed by atoms with Crippen molar-refractivity contribution in [3.8, 4) is 0 Å². The van der Waals surface area contributed by atoms with Crippen molar-refractivity contribution >= 4 is 23.3 Å². The number of tetrazole rings is 1. The third kappa shape index (κ3) is 3.19. The van der Waals surface area contributed by atoms with E-state index in [-0.39, 0.29) is 5.91 Å². The first-order chi connectivity index (χ1) is 14.7. The molecule has 3 heterocycles. The normalized spacial score (nSPS) is 29.5. The number of fused-ring (bicyclic) bond motifs is 1. The number of pyridine rings is 1. The minimum absolute atomic E-state index is 0.133. The minimum atomic E-state index is -0.133. The van der Waals surface area contributed by atoms with Crippen LogP contribution in [0.25, 0.3) is 5.65 Å². The summed E-state index contributed by atoms with van der Waals surface area (Å²) in [4.78, 5) is 16.9. The largest absolute Gasteiger partial charge is 0.341 e. The molecule has 1 N–H and O–H groups in total. The van der Waals surface area contributed by atoms with Gasteiger partial charge >= 0.3 is 0 Å². The van der Waals surface area contributed by atoms with E-state index in [2.05, 4.69) is 25.8 Å². The minimum Gasteiger partial charge on any atom is -0.341 e. The van der Waals surface area contributed by atoms with Gasteiger partial charge in [-0.3, -0.25) is 9.20 Å². The third-order valence-corrected chi connectivity index (χ3v) is 8.08. The van der Waals surface area contributed by atoms with E-state index in [1.165, 1.54) is 50.3 Å². The van der Waals surface area contributed by atoms with Crippen molar-refractivity contribution in [1.82, 2.24) is 34.9 Å². The fraction of sp³-hybridized carbons (Fsp3) is 0.571. The van der Waals surface area contributed by atoms with Gasteiger partial charge in [0.1, 0.15) is 11.3 Å². The lowest BCUT2D eigenvalue weighted by atomic mass is 9.49. The molecule has 0 saturated heterocycles. The molecule has 7 rings (SSSR count). The predicted molar refractivity (Wildman–Crippen MR) is 112 cm³/mol. The molecule has 0 atom stereocenters. The Morgan fingerprint density at radius 3 is 2.70 bits per heavy atom. The molecule has 0 spiro atoms. The summed E-state index contributed by atoms with van der Waals surface area (Å²) in [7, 11) is 0. The molecule has 0 aromatic carbocycles. The summed E-state index contributed by atoms with van der Waals surface area (Å²) in [5, 5.41) is 16.2. The average molecular weight is 424 g/mol. The van der Waals surface area contributed by atoms with Crippen LogP contribution in [-0.4, -0.2) is 41.4 Å². The van der Waals surface area contributed by atoms with Crippen molar-refractivity contribution < 1.29 is 4.79 Å². The highest BCUT2D eigenvalue weighted by Crippen LogP contribution is 2.60. The van der Waals surface area contributed by atoms with E-state index in [1.807, 2.05) is 16.8 Å². The van der Waals surface area contributed by atoms with E-state index in [4.69, 9.17) is 0 Å². The molecule has 9 heteroatoms. The maximum absolute atomic E-state index is 12.6. The number of nitrogens with one attached hydrogen (secondary N) is 1. The molecule has 0 aliphatic heterocycles. The zero-order chi connectivity index (χ0) is 20.1. The van der Waals surface area contributed by atoms with E-state index >= 15 is 0 Å². The van der Waals surface area contributed by atoms with Crippen LogP contribution in [0.3, 0.4) is 0 Å². The fourth-order valence-corrected chi connectivity index (χ4v) is 7.27. The molecule has 0 unspecified atom stereocenters. The van der Waals surface area contributed by atoms with E-state index in [0.717, 1.165) is 35.1 Å². The summed E-state index contributed by atoms with van der Waals surface area (Å²) in [6.45, 7) is 0.911. The van der Waals surface area contributed by atoms with Gasteiger partial charge in [0.05, 0.1) is 12.4 Å². The van der Waals surface area contributed by atoms with Gasteiger partial charge in [0.2, 0.25) is 5.16 Å². The number of carbonyl (C=O) groups is 1. The molecule has 8 nitrogen and oxygen atoms in total. The van der Waals surface area contributed by atoms with Crippen LogP contribution in [0.5, 0.6) is 0 Å². The van der Waals surface area contributed by atoms with Crippen molar-refractivity contribution in [3.63, 3.8) is 0 Å². The second-order valence-electron chi connectivity index (χ2n) is 9.40. The highest BCUT2D eigenvalue weighted by molar-refractivity contribution is 7.99. The fourth-order valence-electron chi connectivity index (χ4n) is 6.59. The molecular formula is C21H25N7OS. The Balaban J connectivity index is 1.11. The van der Waals surface area contributed by atoms with Crippen LogP contribution in [0.4, 0.5) is 0 Å². The Bertz CT molecular complexity index is 1050. The number of thioether (sulfide) groups is 1. The quantitative estimate of drug-likeness (QED) is 0.484. The van der Waals surface area contributed by atoms with Crippen LogP contribution in [0, 0.1) is 23.2 Å². The maximum atomic E-state index is 12.6. The molecule has 4 bridgehead atoms. The Morgan fingerprint density at radius 1 is 1.17 bits per heavy atom. The predicted octanol–water partition coefficient (Wildman–Crippen LogP) is 3.02.